The molecule has 3 aromatic carbocycles. The molecule has 0 spiro atoms. The van der Waals surface area contributed by atoms with Crippen LogP contribution >= 0.6 is 0 Å². The Morgan fingerprint density at radius 3 is 2.29 bits per heavy atom. The fraction of sp³-hybridized carbons (Fsp3) is 0.0870. The number of hydrogen-bond donors (Lipinski definition) is 3. The number of para-hydroxylation sites is 2. The molecule has 0 heterocycles. The number of nitrogens with one attached hydrogen (secondary N) is 2. The molecule has 0 saturated heterocycles. The van der Waals surface area contributed by atoms with Gasteiger partial charge < -0.3 is 21.1 Å². The summed E-state index contributed by atoms with van der Waals surface area (Å²) in [6.45, 7) is 0.483. The molecule has 3 aromatic rings. The Labute approximate surface area is 177 Å². The number of nitrogens with two attached hydrogens (primary N) is 1. The average Bonchev–Trinajstić information content (AvgIpc) is 2.73. The van der Waals surface area contributed by atoms with E-state index < -0.39 is 6.36 Å². The van der Waals surface area contributed by atoms with E-state index in [2.05, 4.69) is 15.4 Å². The number of hydrogen-bond acceptors (Lipinski definition) is 4. The van der Waals surface area contributed by atoms with Crippen LogP contribution in [0.2, 0.25) is 0 Å². The zero-order chi connectivity index (χ0) is 22.3. The predicted molar refractivity (Wildman–Crippen MR) is 115 cm³/mol. The molecule has 0 fully saturated rings. The highest BCUT2D eigenvalue weighted by Gasteiger charge is 2.30. The zero-order valence-corrected chi connectivity index (χ0v) is 16.3. The predicted octanol–water partition coefficient (Wildman–Crippen LogP) is 5.43. The Bertz CT molecular complexity index is 1050. The van der Waals surface area contributed by atoms with Crippen LogP contribution in [0.4, 0.5) is 30.2 Å². The molecule has 0 aromatic heterocycles. The molecule has 0 saturated carbocycles. The molecule has 0 atom stereocenters. The normalized spacial score (nSPS) is 11.3. The van der Waals surface area contributed by atoms with Crippen molar-refractivity contribution in [3.63, 3.8) is 0 Å². The molecule has 0 radical (unpaired) electrons. The van der Waals surface area contributed by atoms with Crippen molar-refractivity contribution in [3.8, 4) is 5.75 Å². The van der Waals surface area contributed by atoms with Gasteiger partial charge in [-0.3, -0.25) is 4.79 Å². The molecule has 3 rings (SSSR count). The molecule has 0 bridgehead atoms. The van der Waals surface area contributed by atoms with Crippen molar-refractivity contribution in [1.29, 1.82) is 0 Å². The summed E-state index contributed by atoms with van der Waals surface area (Å²) in [4.78, 5) is 12.0. The van der Waals surface area contributed by atoms with Crippen molar-refractivity contribution < 1.29 is 22.7 Å². The molecule has 0 aliphatic carbocycles. The summed E-state index contributed by atoms with van der Waals surface area (Å²) in [6.07, 6.45) is -1.60. The number of carbonyl (C=O) groups excluding carboxylic acids is 1. The van der Waals surface area contributed by atoms with E-state index in [1.54, 1.807) is 30.3 Å². The van der Waals surface area contributed by atoms with Gasteiger partial charge in [0, 0.05) is 18.3 Å². The number of halogens is 3. The molecule has 160 valence electrons. The first-order chi connectivity index (χ1) is 14.8. The first-order valence-corrected chi connectivity index (χ1v) is 9.31. The van der Waals surface area contributed by atoms with Crippen LogP contribution in [0, 0.1) is 0 Å². The number of anilines is 3. The SMILES string of the molecule is Nc1ccccc1NC(=O)C=Cc1ccc(CNc2ccc(OC(F)(F)F)cc2)cc1. The number of nitrogen functional groups attached to an aromatic ring is 1. The zero-order valence-electron chi connectivity index (χ0n) is 16.3. The molecule has 0 aliphatic heterocycles. The van der Waals surface area contributed by atoms with Crippen molar-refractivity contribution in [3.05, 3.63) is 90.0 Å². The van der Waals surface area contributed by atoms with Crippen molar-refractivity contribution in [2.75, 3.05) is 16.4 Å². The minimum absolute atomic E-state index is 0.270. The van der Waals surface area contributed by atoms with Crippen LogP contribution < -0.4 is 21.1 Å². The van der Waals surface area contributed by atoms with Gasteiger partial charge in [-0.05, 0) is 53.6 Å². The molecule has 31 heavy (non-hydrogen) atoms. The van der Waals surface area contributed by atoms with Gasteiger partial charge in [0.15, 0.2) is 0 Å². The third-order valence-electron chi connectivity index (χ3n) is 4.21. The van der Waals surface area contributed by atoms with Crippen LogP contribution in [-0.4, -0.2) is 12.3 Å². The largest absolute Gasteiger partial charge is 0.573 e. The van der Waals surface area contributed by atoms with Gasteiger partial charge in [0.05, 0.1) is 11.4 Å². The van der Waals surface area contributed by atoms with Crippen molar-refractivity contribution in [1.82, 2.24) is 0 Å². The van der Waals surface area contributed by atoms with Crippen LogP contribution in [0.5, 0.6) is 5.75 Å². The lowest BCUT2D eigenvalue weighted by Crippen LogP contribution is -2.17. The Morgan fingerprint density at radius 2 is 1.65 bits per heavy atom. The third kappa shape index (κ3) is 7.11. The second-order valence-corrected chi connectivity index (χ2v) is 6.58. The first-order valence-electron chi connectivity index (χ1n) is 9.31. The number of amides is 1. The van der Waals surface area contributed by atoms with E-state index >= 15 is 0 Å². The summed E-state index contributed by atoms with van der Waals surface area (Å²) in [5, 5.41) is 5.84. The van der Waals surface area contributed by atoms with E-state index in [1.807, 2.05) is 24.3 Å². The summed E-state index contributed by atoms with van der Waals surface area (Å²) in [6, 6.07) is 20.0. The number of alkyl halides is 3. The highest BCUT2D eigenvalue weighted by Crippen LogP contribution is 2.24. The van der Waals surface area contributed by atoms with Crippen LogP contribution in [-0.2, 0) is 11.3 Å². The second-order valence-electron chi connectivity index (χ2n) is 6.58. The van der Waals surface area contributed by atoms with Crippen LogP contribution in [0.1, 0.15) is 11.1 Å². The minimum atomic E-state index is -4.71. The van der Waals surface area contributed by atoms with Gasteiger partial charge >= 0.3 is 6.36 Å². The summed E-state index contributed by atoms with van der Waals surface area (Å²) >= 11 is 0. The van der Waals surface area contributed by atoms with Crippen molar-refractivity contribution >= 4 is 29.0 Å². The quantitative estimate of drug-likeness (QED) is 0.347. The van der Waals surface area contributed by atoms with Crippen molar-refractivity contribution in [2.45, 2.75) is 12.9 Å². The summed E-state index contributed by atoms with van der Waals surface area (Å²) in [5.41, 5.74) is 9.31. The maximum absolute atomic E-state index is 12.2. The molecule has 4 N–H and O–H groups in total. The van der Waals surface area contributed by atoms with E-state index in [0.717, 1.165) is 11.1 Å². The molecule has 1 amide bonds. The molecular formula is C23H20F3N3O2. The van der Waals surface area contributed by atoms with Crippen LogP contribution in [0.3, 0.4) is 0 Å². The molecule has 8 heteroatoms. The van der Waals surface area contributed by atoms with Gasteiger partial charge in [-0.2, -0.15) is 0 Å². The number of benzene rings is 3. The van der Waals surface area contributed by atoms with Gasteiger partial charge in [0.2, 0.25) is 5.91 Å². The number of rotatable bonds is 7. The molecular weight excluding hydrogens is 407 g/mol. The molecule has 0 unspecified atom stereocenters. The fourth-order valence-corrected chi connectivity index (χ4v) is 2.68. The smallest absolute Gasteiger partial charge is 0.406 e. The minimum Gasteiger partial charge on any atom is -0.406 e. The van der Waals surface area contributed by atoms with Gasteiger partial charge in [0.1, 0.15) is 5.75 Å². The number of carbonyl (C=O) groups is 1. The summed E-state index contributed by atoms with van der Waals surface area (Å²) in [7, 11) is 0. The standard InChI is InChI=1S/C23H20F3N3O2/c24-23(25,26)31-19-12-10-18(11-13-19)28-15-17-7-5-16(6-8-17)9-14-22(30)29-21-4-2-1-3-20(21)27/h1-14,28H,15,27H2,(H,29,30). The first kappa shape index (κ1) is 21.8. The molecule has 5 nitrogen and oxygen atoms in total. The maximum atomic E-state index is 12.2. The lowest BCUT2D eigenvalue weighted by atomic mass is 10.1. The highest BCUT2D eigenvalue weighted by atomic mass is 19.4. The van der Waals surface area contributed by atoms with Gasteiger partial charge in [-0.25, -0.2) is 0 Å². The molecule has 0 aliphatic rings. The van der Waals surface area contributed by atoms with Crippen molar-refractivity contribution in [2.24, 2.45) is 0 Å². The third-order valence-corrected chi connectivity index (χ3v) is 4.21. The maximum Gasteiger partial charge on any atom is 0.573 e. The Morgan fingerprint density at radius 1 is 0.968 bits per heavy atom. The van der Waals surface area contributed by atoms with E-state index in [9.17, 15) is 18.0 Å². The van der Waals surface area contributed by atoms with E-state index in [1.165, 1.54) is 30.3 Å². The second kappa shape index (κ2) is 9.71. The van der Waals surface area contributed by atoms with E-state index in [0.29, 0.717) is 23.6 Å². The number of ether oxygens (including phenoxy) is 1. The lowest BCUT2D eigenvalue weighted by molar-refractivity contribution is -0.274. The summed E-state index contributed by atoms with van der Waals surface area (Å²) < 4.78 is 40.4. The fourth-order valence-electron chi connectivity index (χ4n) is 2.68. The average molecular weight is 427 g/mol. The van der Waals surface area contributed by atoms with Crippen LogP contribution in [0.15, 0.2) is 78.9 Å². The highest BCUT2D eigenvalue weighted by molar-refractivity contribution is 6.03. The van der Waals surface area contributed by atoms with Gasteiger partial charge in [0.25, 0.3) is 0 Å². The monoisotopic (exact) mass is 427 g/mol. The Hall–Kier alpha value is -3.94. The Balaban J connectivity index is 1.50. The Kier molecular flexibility index (Phi) is 6.81. The van der Waals surface area contributed by atoms with Crippen LogP contribution in [0.25, 0.3) is 6.08 Å². The summed E-state index contributed by atoms with van der Waals surface area (Å²) in [5.74, 6) is -0.560. The van der Waals surface area contributed by atoms with Gasteiger partial charge in [-0.15, -0.1) is 13.2 Å². The lowest BCUT2D eigenvalue weighted by Gasteiger charge is -2.10. The van der Waals surface area contributed by atoms with E-state index in [4.69, 9.17) is 5.73 Å². The topological polar surface area (TPSA) is 76.4 Å². The van der Waals surface area contributed by atoms with E-state index in [-0.39, 0.29) is 11.7 Å². The van der Waals surface area contributed by atoms with Gasteiger partial charge in [-0.1, -0.05) is 36.4 Å².